The molecular weight excluding hydrogens is 410 g/mol. The predicted molar refractivity (Wildman–Crippen MR) is 119 cm³/mol. The number of aryl methyl sites for hydroxylation is 1. The third-order valence-electron chi connectivity index (χ3n) is 4.35. The van der Waals surface area contributed by atoms with Gasteiger partial charge in [-0.3, -0.25) is 4.79 Å². The smallest absolute Gasteiger partial charge is 0.337 e. The summed E-state index contributed by atoms with van der Waals surface area (Å²) in [5.41, 5.74) is 1.55. The lowest BCUT2D eigenvalue weighted by Gasteiger charge is -2.13. The number of carbonyl (C=O) groups excluding carboxylic acids is 1. The van der Waals surface area contributed by atoms with E-state index in [4.69, 9.17) is 14.6 Å². The van der Waals surface area contributed by atoms with Crippen LogP contribution in [0.25, 0.3) is 0 Å². The van der Waals surface area contributed by atoms with Crippen molar-refractivity contribution in [2.45, 2.75) is 32.8 Å². The van der Waals surface area contributed by atoms with E-state index in [1.165, 1.54) is 36.0 Å². The molecule has 0 fully saturated rings. The molecule has 0 radical (unpaired) electrons. The zero-order valence-electron chi connectivity index (χ0n) is 17.9. The molecule has 0 spiro atoms. The van der Waals surface area contributed by atoms with Gasteiger partial charge in [-0.1, -0.05) is 30.3 Å². The Bertz CT molecular complexity index is 1050. The molecule has 3 rings (SSSR count). The van der Waals surface area contributed by atoms with Crippen LogP contribution in [0.2, 0.25) is 0 Å². The predicted octanol–water partition coefficient (Wildman–Crippen LogP) is 4.23. The molecule has 1 amide bonds. The standard InChI is InChI=1S/C24H25N3O5/c1-16(2)32-22-14-19(23(28)26-20-11-10-18(15-25-20)24(29)30)13-21(27-22)31-12-6-9-17-7-4-3-5-8-17/h3-5,7-8,10-11,13-16H,6,9,12H2,1-2H3,(H,29,30)(H,25,26,28). The van der Waals surface area contributed by atoms with E-state index in [0.717, 1.165) is 12.8 Å². The number of nitrogens with zero attached hydrogens (tertiary/aromatic N) is 2. The van der Waals surface area contributed by atoms with E-state index in [0.29, 0.717) is 6.61 Å². The Kier molecular flexibility index (Phi) is 7.75. The Labute approximate surface area is 186 Å². The minimum atomic E-state index is -1.09. The topological polar surface area (TPSA) is 111 Å². The molecule has 8 heteroatoms. The minimum absolute atomic E-state index is 0.0331. The molecule has 0 aliphatic rings. The molecule has 0 aliphatic carbocycles. The largest absolute Gasteiger partial charge is 0.478 e. The second kappa shape index (κ2) is 10.9. The third kappa shape index (κ3) is 6.80. The van der Waals surface area contributed by atoms with Gasteiger partial charge in [-0.25, -0.2) is 9.78 Å². The molecule has 0 saturated carbocycles. The third-order valence-corrected chi connectivity index (χ3v) is 4.35. The summed E-state index contributed by atoms with van der Waals surface area (Å²) in [4.78, 5) is 32.0. The average molecular weight is 435 g/mol. The number of aromatic carboxylic acids is 1. The van der Waals surface area contributed by atoms with Gasteiger partial charge in [0.25, 0.3) is 5.91 Å². The summed E-state index contributed by atoms with van der Waals surface area (Å²) < 4.78 is 11.4. The van der Waals surface area contributed by atoms with Crippen LogP contribution in [0.15, 0.2) is 60.8 Å². The fourth-order valence-electron chi connectivity index (χ4n) is 2.87. The number of nitrogens with one attached hydrogen (secondary N) is 1. The SMILES string of the molecule is CC(C)Oc1cc(C(=O)Nc2ccc(C(=O)O)cn2)cc(OCCCc2ccccc2)n1. The summed E-state index contributed by atoms with van der Waals surface area (Å²) in [6.07, 6.45) is 2.72. The van der Waals surface area contributed by atoms with Gasteiger partial charge in [-0.05, 0) is 44.4 Å². The number of carboxylic acids is 1. The van der Waals surface area contributed by atoms with Crippen LogP contribution in [-0.4, -0.2) is 39.7 Å². The maximum atomic E-state index is 12.7. The fraction of sp³-hybridized carbons (Fsp3) is 0.250. The molecule has 3 aromatic rings. The second-order valence-corrected chi connectivity index (χ2v) is 7.33. The van der Waals surface area contributed by atoms with E-state index in [9.17, 15) is 9.59 Å². The van der Waals surface area contributed by atoms with Crippen LogP contribution in [0.1, 0.15) is 46.5 Å². The minimum Gasteiger partial charge on any atom is -0.478 e. The zero-order valence-corrected chi connectivity index (χ0v) is 17.9. The van der Waals surface area contributed by atoms with Crippen LogP contribution in [0.5, 0.6) is 11.8 Å². The van der Waals surface area contributed by atoms with Crippen LogP contribution in [-0.2, 0) is 6.42 Å². The molecule has 0 unspecified atom stereocenters. The highest BCUT2D eigenvalue weighted by atomic mass is 16.5. The molecule has 0 bridgehead atoms. The van der Waals surface area contributed by atoms with Crippen molar-refractivity contribution in [2.75, 3.05) is 11.9 Å². The summed E-state index contributed by atoms with van der Waals surface area (Å²) in [6.45, 7) is 4.16. The highest BCUT2D eigenvalue weighted by Gasteiger charge is 2.14. The maximum absolute atomic E-state index is 12.7. The number of pyridine rings is 2. The van der Waals surface area contributed by atoms with Gasteiger partial charge in [0.15, 0.2) is 0 Å². The number of anilines is 1. The molecule has 0 aliphatic heterocycles. The Morgan fingerprint density at radius 2 is 1.78 bits per heavy atom. The van der Waals surface area contributed by atoms with Gasteiger partial charge in [0.05, 0.1) is 23.8 Å². The monoisotopic (exact) mass is 435 g/mol. The van der Waals surface area contributed by atoms with Crippen LogP contribution in [0.3, 0.4) is 0 Å². The van der Waals surface area contributed by atoms with Crippen molar-refractivity contribution in [3.05, 3.63) is 77.5 Å². The molecule has 32 heavy (non-hydrogen) atoms. The summed E-state index contributed by atoms with van der Waals surface area (Å²) >= 11 is 0. The summed E-state index contributed by atoms with van der Waals surface area (Å²) in [6, 6.07) is 16.0. The van der Waals surface area contributed by atoms with Gasteiger partial charge in [-0.15, -0.1) is 0 Å². The van der Waals surface area contributed by atoms with E-state index >= 15 is 0 Å². The van der Waals surface area contributed by atoms with Gasteiger partial charge >= 0.3 is 5.97 Å². The Balaban J connectivity index is 1.68. The Morgan fingerprint density at radius 3 is 2.44 bits per heavy atom. The number of carbonyl (C=O) groups is 2. The number of hydrogen-bond donors (Lipinski definition) is 2. The van der Waals surface area contributed by atoms with E-state index in [1.807, 2.05) is 32.0 Å². The van der Waals surface area contributed by atoms with E-state index in [-0.39, 0.29) is 34.8 Å². The number of amides is 1. The Hall–Kier alpha value is -3.94. The van der Waals surface area contributed by atoms with Crippen molar-refractivity contribution in [1.82, 2.24) is 9.97 Å². The van der Waals surface area contributed by atoms with Gasteiger partial charge < -0.3 is 19.9 Å². The quantitative estimate of drug-likeness (QED) is 0.459. The lowest BCUT2D eigenvalue weighted by Crippen LogP contribution is -2.15. The van der Waals surface area contributed by atoms with Crippen molar-refractivity contribution in [3.8, 4) is 11.8 Å². The normalized spacial score (nSPS) is 10.6. The van der Waals surface area contributed by atoms with Gasteiger partial charge in [0.1, 0.15) is 5.82 Å². The van der Waals surface area contributed by atoms with Crippen molar-refractivity contribution in [1.29, 1.82) is 0 Å². The van der Waals surface area contributed by atoms with Crippen LogP contribution in [0, 0.1) is 0 Å². The molecule has 2 N–H and O–H groups in total. The summed E-state index contributed by atoms with van der Waals surface area (Å²) in [5.74, 6) is -0.733. The number of aromatic nitrogens is 2. The Morgan fingerprint density at radius 1 is 1.03 bits per heavy atom. The van der Waals surface area contributed by atoms with Gasteiger partial charge in [0.2, 0.25) is 11.8 Å². The van der Waals surface area contributed by atoms with Crippen molar-refractivity contribution in [2.24, 2.45) is 0 Å². The van der Waals surface area contributed by atoms with Crippen molar-refractivity contribution >= 4 is 17.7 Å². The fourth-order valence-corrected chi connectivity index (χ4v) is 2.87. The number of ether oxygens (including phenoxy) is 2. The van der Waals surface area contributed by atoms with E-state index in [2.05, 4.69) is 27.4 Å². The lowest BCUT2D eigenvalue weighted by atomic mass is 10.1. The second-order valence-electron chi connectivity index (χ2n) is 7.33. The van der Waals surface area contributed by atoms with Crippen molar-refractivity contribution in [3.63, 3.8) is 0 Å². The molecule has 2 aromatic heterocycles. The highest BCUT2D eigenvalue weighted by Crippen LogP contribution is 2.21. The first-order valence-corrected chi connectivity index (χ1v) is 10.3. The number of benzene rings is 1. The molecule has 0 saturated heterocycles. The van der Waals surface area contributed by atoms with E-state index < -0.39 is 11.9 Å². The van der Waals surface area contributed by atoms with Crippen LogP contribution in [0.4, 0.5) is 5.82 Å². The molecule has 1 aromatic carbocycles. The number of rotatable bonds is 10. The molecule has 0 atom stereocenters. The first-order valence-electron chi connectivity index (χ1n) is 10.3. The molecule has 166 valence electrons. The summed E-state index contributed by atoms with van der Waals surface area (Å²) in [7, 11) is 0. The van der Waals surface area contributed by atoms with Crippen molar-refractivity contribution < 1.29 is 24.2 Å². The van der Waals surface area contributed by atoms with E-state index in [1.54, 1.807) is 0 Å². The zero-order chi connectivity index (χ0) is 22.9. The molecule has 8 nitrogen and oxygen atoms in total. The van der Waals surface area contributed by atoms with Gasteiger partial charge in [0, 0.05) is 18.3 Å². The highest BCUT2D eigenvalue weighted by molar-refractivity contribution is 6.04. The van der Waals surface area contributed by atoms with Gasteiger partial charge in [-0.2, -0.15) is 4.98 Å². The number of carboxylic acid groups (broad SMARTS) is 1. The first kappa shape index (κ1) is 22.7. The summed E-state index contributed by atoms with van der Waals surface area (Å²) in [5, 5.41) is 11.6. The van der Waals surface area contributed by atoms with Crippen LogP contribution >= 0.6 is 0 Å². The molecular formula is C24H25N3O5. The maximum Gasteiger partial charge on any atom is 0.337 e. The lowest BCUT2D eigenvalue weighted by molar-refractivity contribution is 0.0696. The first-order chi connectivity index (χ1) is 15.4. The molecule has 2 heterocycles. The van der Waals surface area contributed by atoms with Crippen LogP contribution < -0.4 is 14.8 Å². The average Bonchev–Trinajstić information content (AvgIpc) is 2.77. The number of hydrogen-bond acceptors (Lipinski definition) is 6.